The number of nitrogens with one attached hydrogen (secondary N) is 1. The van der Waals surface area contributed by atoms with Crippen LogP contribution >= 0.6 is 11.3 Å². The number of nitrogens with zero attached hydrogens (tertiary/aromatic N) is 2. The number of amides is 1. The fraction of sp³-hybridized carbons (Fsp3) is 0.273. The van der Waals surface area contributed by atoms with Crippen LogP contribution in [0.3, 0.4) is 0 Å². The van der Waals surface area contributed by atoms with Crippen molar-refractivity contribution in [3.05, 3.63) is 38.4 Å². The lowest BCUT2D eigenvalue weighted by atomic mass is 10.2. The second-order valence-corrected chi connectivity index (χ2v) is 5.20. The number of fused-ring (bicyclic) bond motifs is 1. The van der Waals surface area contributed by atoms with Crippen LogP contribution in [0.1, 0.15) is 27.3 Å². The van der Waals surface area contributed by atoms with Gasteiger partial charge in [-0.2, -0.15) is 0 Å². The van der Waals surface area contributed by atoms with Crippen LogP contribution in [0.5, 0.6) is 0 Å². The van der Waals surface area contributed by atoms with Gasteiger partial charge in [-0.05, 0) is 25.3 Å². The van der Waals surface area contributed by atoms with E-state index in [1.54, 1.807) is 0 Å². The predicted molar refractivity (Wildman–Crippen MR) is 67.5 cm³/mol. The van der Waals surface area contributed by atoms with Crippen LogP contribution in [0.25, 0.3) is 0 Å². The summed E-state index contributed by atoms with van der Waals surface area (Å²) in [6.07, 6.45) is 2.69. The van der Waals surface area contributed by atoms with Gasteiger partial charge in [-0.3, -0.25) is 20.2 Å². The molecule has 2 aromatic heterocycles. The van der Waals surface area contributed by atoms with Crippen LogP contribution < -0.4 is 5.32 Å². The smallest absolute Gasteiger partial charge is 0.324 e. The van der Waals surface area contributed by atoms with Crippen molar-refractivity contribution in [2.24, 2.45) is 0 Å². The molecule has 0 atom stereocenters. The second-order valence-electron chi connectivity index (χ2n) is 4.14. The third kappa shape index (κ3) is 2.10. The Morgan fingerprint density at radius 3 is 3.05 bits per heavy atom. The zero-order valence-corrected chi connectivity index (χ0v) is 10.5. The van der Waals surface area contributed by atoms with Crippen molar-refractivity contribution in [2.45, 2.75) is 19.3 Å². The average Bonchev–Trinajstić information content (AvgIpc) is 3.05. The highest BCUT2D eigenvalue weighted by molar-refractivity contribution is 7.17. The Morgan fingerprint density at radius 2 is 2.32 bits per heavy atom. The first-order valence-electron chi connectivity index (χ1n) is 5.68. The van der Waals surface area contributed by atoms with Crippen molar-refractivity contribution >= 4 is 28.1 Å². The summed E-state index contributed by atoms with van der Waals surface area (Å²) in [5.41, 5.74) is 1.81. The van der Waals surface area contributed by atoms with E-state index in [1.165, 1.54) is 12.1 Å². The van der Waals surface area contributed by atoms with Crippen molar-refractivity contribution in [1.29, 1.82) is 0 Å². The molecule has 0 saturated carbocycles. The van der Waals surface area contributed by atoms with Crippen molar-refractivity contribution in [3.8, 4) is 0 Å². The topological polar surface area (TPSA) is 98.3 Å². The van der Waals surface area contributed by atoms with E-state index in [2.05, 4.69) is 10.5 Å². The summed E-state index contributed by atoms with van der Waals surface area (Å²) in [7, 11) is 0. The molecule has 2 aromatic rings. The largest absolute Gasteiger partial charge is 0.338 e. The molecular formula is C11H9N3O4S. The summed E-state index contributed by atoms with van der Waals surface area (Å²) >= 11 is 0.831. The highest BCUT2D eigenvalue weighted by atomic mass is 32.1. The third-order valence-electron chi connectivity index (χ3n) is 2.93. The van der Waals surface area contributed by atoms with Crippen molar-refractivity contribution in [1.82, 2.24) is 5.16 Å². The lowest BCUT2D eigenvalue weighted by Crippen LogP contribution is -2.10. The van der Waals surface area contributed by atoms with Crippen LogP contribution in [0, 0.1) is 10.1 Å². The molecule has 0 aromatic carbocycles. The number of carbonyl (C=O) groups excluding carboxylic acids is 1. The molecule has 98 valence electrons. The van der Waals surface area contributed by atoms with Gasteiger partial charge in [0, 0.05) is 11.6 Å². The fourth-order valence-electron chi connectivity index (χ4n) is 2.04. The van der Waals surface area contributed by atoms with E-state index < -0.39 is 10.8 Å². The van der Waals surface area contributed by atoms with E-state index in [-0.39, 0.29) is 9.88 Å². The predicted octanol–water partition coefficient (Wildman–Crippen LogP) is 2.39. The molecule has 1 aliphatic rings. The van der Waals surface area contributed by atoms with Gasteiger partial charge in [0.1, 0.15) is 0 Å². The number of carbonyl (C=O) groups is 1. The molecule has 3 rings (SSSR count). The first-order chi connectivity index (χ1) is 9.15. The van der Waals surface area contributed by atoms with Crippen molar-refractivity contribution < 1.29 is 14.2 Å². The van der Waals surface area contributed by atoms with Gasteiger partial charge in [0.2, 0.25) is 5.88 Å². The Kier molecular flexibility index (Phi) is 2.79. The number of nitro groups is 1. The molecule has 7 nitrogen and oxygen atoms in total. The third-order valence-corrected chi connectivity index (χ3v) is 3.97. The van der Waals surface area contributed by atoms with Crippen LogP contribution in [0.15, 0.2) is 16.7 Å². The molecule has 0 radical (unpaired) electrons. The Morgan fingerprint density at radius 1 is 1.47 bits per heavy atom. The van der Waals surface area contributed by atoms with Crippen LogP contribution in [-0.4, -0.2) is 16.0 Å². The molecule has 0 saturated heterocycles. The Hall–Kier alpha value is -2.22. The van der Waals surface area contributed by atoms with Gasteiger partial charge in [0.05, 0.1) is 15.5 Å². The molecule has 19 heavy (non-hydrogen) atoms. The molecule has 0 bridgehead atoms. The van der Waals surface area contributed by atoms with Gasteiger partial charge >= 0.3 is 5.00 Å². The van der Waals surface area contributed by atoms with E-state index >= 15 is 0 Å². The Bertz CT molecular complexity index is 661. The maximum Gasteiger partial charge on any atom is 0.324 e. The highest BCUT2D eigenvalue weighted by Gasteiger charge is 2.23. The average molecular weight is 279 g/mol. The zero-order chi connectivity index (χ0) is 13.4. The maximum atomic E-state index is 11.9. The summed E-state index contributed by atoms with van der Waals surface area (Å²) in [5, 5.41) is 17.0. The van der Waals surface area contributed by atoms with Gasteiger partial charge in [0.25, 0.3) is 5.91 Å². The van der Waals surface area contributed by atoms with Gasteiger partial charge < -0.3 is 4.52 Å². The summed E-state index contributed by atoms with van der Waals surface area (Å²) in [6, 6.07) is 2.74. The van der Waals surface area contributed by atoms with Gasteiger partial charge in [0.15, 0.2) is 0 Å². The number of thiophene rings is 1. The minimum absolute atomic E-state index is 0.0621. The van der Waals surface area contributed by atoms with Crippen LogP contribution in [0.4, 0.5) is 10.9 Å². The zero-order valence-electron chi connectivity index (χ0n) is 9.71. The quantitative estimate of drug-likeness (QED) is 0.687. The van der Waals surface area contributed by atoms with E-state index in [9.17, 15) is 14.9 Å². The van der Waals surface area contributed by atoms with Crippen molar-refractivity contribution in [2.75, 3.05) is 5.32 Å². The molecular weight excluding hydrogens is 270 g/mol. The number of aromatic nitrogens is 1. The number of rotatable bonds is 3. The van der Waals surface area contributed by atoms with Gasteiger partial charge in [-0.1, -0.05) is 16.5 Å². The Labute approximate surface area is 111 Å². The number of hydrogen-bond acceptors (Lipinski definition) is 6. The van der Waals surface area contributed by atoms with E-state index in [0.29, 0.717) is 5.88 Å². The first kappa shape index (κ1) is 11.8. The Balaban J connectivity index is 1.78. The second kappa shape index (κ2) is 4.47. The lowest BCUT2D eigenvalue weighted by Gasteiger charge is -1.99. The normalized spacial score (nSPS) is 13.3. The molecule has 1 aliphatic carbocycles. The SMILES string of the molecule is O=C(Nc1onc2c1CCC2)c1ccc([N+](=O)[O-])s1. The highest BCUT2D eigenvalue weighted by Crippen LogP contribution is 2.30. The molecule has 0 spiro atoms. The molecule has 0 aliphatic heterocycles. The lowest BCUT2D eigenvalue weighted by molar-refractivity contribution is -0.380. The molecule has 1 amide bonds. The number of hydrogen-bond donors (Lipinski definition) is 1. The minimum atomic E-state index is -0.520. The minimum Gasteiger partial charge on any atom is -0.338 e. The number of aryl methyl sites for hydroxylation is 1. The van der Waals surface area contributed by atoms with E-state index in [0.717, 1.165) is 41.9 Å². The summed E-state index contributed by atoms with van der Waals surface area (Å²) in [6.45, 7) is 0. The molecule has 0 unspecified atom stereocenters. The van der Waals surface area contributed by atoms with Crippen LogP contribution in [-0.2, 0) is 12.8 Å². The number of anilines is 1. The first-order valence-corrected chi connectivity index (χ1v) is 6.50. The monoisotopic (exact) mass is 279 g/mol. The van der Waals surface area contributed by atoms with E-state index in [1.807, 2.05) is 0 Å². The summed E-state index contributed by atoms with van der Waals surface area (Å²) in [4.78, 5) is 22.3. The van der Waals surface area contributed by atoms with Crippen molar-refractivity contribution in [3.63, 3.8) is 0 Å². The summed E-state index contributed by atoms with van der Waals surface area (Å²) < 4.78 is 5.07. The maximum absolute atomic E-state index is 11.9. The molecule has 1 N–H and O–H groups in total. The molecule has 2 heterocycles. The molecule has 8 heteroatoms. The van der Waals surface area contributed by atoms with Crippen LogP contribution in [0.2, 0.25) is 0 Å². The van der Waals surface area contributed by atoms with Gasteiger partial charge in [-0.25, -0.2) is 0 Å². The van der Waals surface area contributed by atoms with E-state index in [4.69, 9.17) is 4.52 Å². The molecule has 0 fully saturated rings. The standard InChI is InChI=1S/C11H9N3O4S/c15-10(8-4-5-9(19-8)14(16)17)12-11-6-2-1-3-7(6)13-18-11/h4-5H,1-3H2,(H,12,15). The van der Waals surface area contributed by atoms with Gasteiger partial charge in [-0.15, -0.1) is 0 Å². The summed E-state index contributed by atoms with van der Waals surface area (Å²) in [5.74, 6) is -0.0579. The fourth-order valence-corrected chi connectivity index (χ4v) is 2.76.